The summed E-state index contributed by atoms with van der Waals surface area (Å²) in [5.41, 5.74) is 2.24. The van der Waals surface area contributed by atoms with Crippen molar-refractivity contribution in [2.45, 2.75) is 13.3 Å². The first-order chi connectivity index (χ1) is 6.66. The van der Waals surface area contributed by atoms with Gasteiger partial charge in [-0.15, -0.1) is 0 Å². The molecule has 0 radical (unpaired) electrons. The summed E-state index contributed by atoms with van der Waals surface area (Å²) in [6.07, 6.45) is 0.415. The largest absolute Gasteiger partial charge is 0.379 e. The predicted octanol–water partition coefficient (Wildman–Crippen LogP) is -1.44. The molecule has 0 unspecified atom stereocenters. The minimum Gasteiger partial charge on any atom is -0.379 e. The lowest BCUT2D eigenvalue weighted by Gasteiger charge is -2.05. The van der Waals surface area contributed by atoms with E-state index in [1.807, 2.05) is 0 Å². The van der Waals surface area contributed by atoms with Gasteiger partial charge in [-0.05, 0) is 6.92 Å². The molecule has 0 aliphatic rings. The third-order valence-corrected chi connectivity index (χ3v) is 1.43. The van der Waals surface area contributed by atoms with Crippen molar-refractivity contribution in [1.82, 2.24) is 10.7 Å². The van der Waals surface area contributed by atoms with Gasteiger partial charge < -0.3 is 10.1 Å². The monoisotopic (exact) mass is 203 g/mol. The number of hydrazine groups is 1. The van der Waals surface area contributed by atoms with E-state index in [0.717, 1.165) is 0 Å². The lowest BCUT2D eigenvalue weighted by Crippen LogP contribution is -2.38. The van der Waals surface area contributed by atoms with Crippen LogP contribution in [0, 0.1) is 0 Å². The van der Waals surface area contributed by atoms with E-state index in [1.165, 1.54) is 6.92 Å². The zero-order chi connectivity index (χ0) is 10.8. The van der Waals surface area contributed by atoms with Crippen molar-refractivity contribution in [3.05, 3.63) is 0 Å². The highest BCUT2D eigenvalue weighted by Crippen LogP contribution is 1.83. The summed E-state index contributed by atoms with van der Waals surface area (Å²) in [6.45, 7) is 2.84. The molecule has 0 aromatic carbocycles. The molecule has 6 nitrogen and oxygen atoms in total. The van der Waals surface area contributed by atoms with Crippen molar-refractivity contribution in [2.24, 2.45) is 5.84 Å². The molecule has 14 heavy (non-hydrogen) atoms. The first-order valence-corrected chi connectivity index (χ1v) is 4.44. The van der Waals surface area contributed by atoms with Gasteiger partial charge >= 0.3 is 0 Å². The zero-order valence-electron chi connectivity index (χ0n) is 8.34. The molecule has 4 N–H and O–H groups in total. The minimum atomic E-state index is -0.178. The van der Waals surface area contributed by atoms with Gasteiger partial charge in [0.1, 0.15) is 5.78 Å². The molecular formula is C8H17N3O3. The van der Waals surface area contributed by atoms with Crippen molar-refractivity contribution in [3.63, 3.8) is 0 Å². The minimum absolute atomic E-state index is 0.0907. The SMILES string of the molecule is CC(=O)CCOCCNC(=O)CNN. The van der Waals surface area contributed by atoms with E-state index in [9.17, 15) is 9.59 Å². The van der Waals surface area contributed by atoms with Gasteiger partial charge in [-0.2, -0.15) is 0 Å². The van der Waals surface area contributed by atoms with Gasteiger partial charge in [-0.1, -0.05) is 0 Å². The molecule has 0 aliphatic carbocycles. The van der Waals surface area contributed by atoms with Crippen LogP contribution in [0.15, 0.2) is 0 Å². The fourth-order valence-corrected chi connectivity index (χ4v) is 0.736. The van der Waals surface area contributed by atoms with Crippen LogP contribution in [0.25, 0.3) is 0 Å². The highest BCUT2D eigenvalue weighted by molar-refractivity contribution is 5.77. The van der Waals surface area contributed by atoms with Crippen LogP contribution < -0.4 is 16.6 Å². The quantitative estimate of drug-likeness (QED) is 0.255. The Hall–Kier alpha value is -0.980. The van der Waals surface area contributed by atoms with Crippen LogP contribution in [0.5, 0.6) is 0 Å². The Labute approximate surface area is 83.1 Å². The molecule has 0 fully saturated rings. The molecule has 0 aromatic heterocycles. The number of rotatable bonds is 8. The Morgan fingerprint density at radius 2 is 2.07 bits per heavy atom. The van der Waals surface area contributed by atoms with Gasteiger partial charge in [0, 0.05) is 13.0 Å². The second kappa shape index (κ2) is 8.61. The molecule has 0 spiro atoms. The second-order valence-electron chi connectivity index (χ2n) is 2.80. The fourth-order valence-electron chi connectivity index (χ4n) is 0.736. The number of ketones is 1. The lowest BCUT2D eigenvalue weighted by molar-refractivity contribution is -0.121. The van der Waals surface area contributed by atoms with Crippen LogP contribution in [0.3, 0.4) is 0 Å². The van der Waals surface area contributed by atoms with E-state index in [-0.39, 0.29) is 18.2 Å². The first kappa shape index (κ1) is 13.0. The average molecular weight is 203 g/mol. The number of nitrogens with two attached hydrogens (primary N) is 1. The van der Waals surface area contributed by atoms with Crippen molar-refractivity contribution in [3.8, 4) is 0 Å². The van der Waals surface area contributed by atoms with E-state index in [4.69, 9.17) is 10.6 Å². The summed E-state index contributed by atoms with van der Waals surface area (Å²) < 4.78 is 5.09. The highest BCUT2D eigenvalue weighted by Gasteiger charge is 1.97. The molecule has 1 amide bonds. The molecule has 0 heterocycles. The summed E-state index contributed by atoms with van der Waals surface area (Å²) in [7, 11) is 0. The smallest absolute Gasteiger partial charge is 0.235 e. The van der Waals surface area contributed by atoms with Crippen LogP contribution >= 0.6 is 0 Å². The average Bonchev–Trinajstić information content (AvgIpc) is 2.11. The molecule has 0 aromatic rings. The van der Waals surface area contributed by atoms with Gasteiger partial charge in [0.15, 0.2) is 0 Å². The van der Waals surface area contributed by atoms with Crippen LogP contribution in [0.4, 0.5) is 0 Å². The number of amides is 1. The third kappa shape index (κ3) is 9.11. The molecule has 0 bridgehead atoms. The number of carbonyl (C=O) groups is 2. The van der Waals surface area contributed by atoms with Crippen molar-refractivity contribution < 1.29 is 14.3 Å². The Morgan fingerprint density at radius 3 is 2.64 bits per heavy atom. The predicted molar refractivity (Wildman–Crippen MR) is 51.3 cm³/mol. The van der Waals surface area contributed by atoms with E-state index < -0.39 is 0 Å². The molecule has 82 valence electrons. The third-order valence-electron chi connectivity index (χ3n) is 1.43. The molecule has 0 aliphatic heterocycles. The van der Waals surface area contributed by atoms with E-state index in [2.05, 4.69) is 10.7 Å². The zero-order valence-corrected chi connectivity index (χ0v) is 8.34. The lowest BCUT2D eigenvalue weighted by atomic mass is 10.3. The second-order valence-corrected chi connectivity index (χ2v) is 2.80. The molecular weight excluding hydrogens is 186 g/mol. The van der Waals surface area contributed by atoms with Crippen molar-refractivity contribution >= 4 is 11.7 Å². The molecule has 6 heteroatoms. The Balaban J connectivity index is 3.13. The Bertz CT molecular complexity index is 185. The number of hydrogen-bond acceptors (Lipinski definition) is 5. The normalized spacial score (nSPS) is 9.86. The first-order valence-electron chi connectivity index (χ1n) is 4.44. The molecule has 0 saturated carbocycles. The standard InChI is InChI=1S/C8H17N3O3/c1-7(12)2-4-14-5-3-10-8(13)6-11-9/h11H,2-6,9H2,1H3,(H,10,13). The van der Waals surface area contributed by atoms with Gasteiger partial charge in [0.2, 0.25) is 5.91 Å². The summed E-state index contributed by atoms with van der Waals surface area (Å²) >= 11 is 0. The molecule has 0 rings (SSSR count). The fraction of sp³-hybridized carbons (Fsp3) is 0.750. The molecule has 0 atom stereocenters. The summed E-state index contributed by atoms with van der Waals surface area (Å²) in [4.78, 5) is 21.3. The van der Waals surface area contributed by atoms with Crippen LogP contribution in [-0.2, 0) is 14.3 Å². The summed E-state index contributed by atoms with van der Waals surface area (Å²) in [5, 5.41) is 2.58. The van der Waals surface area contributed by atoms with Gasteiger partial charge in [-0.3, -0.25) is 20.9 Å². The van der Waals surface area contributed by atoms with Crippen molar-refractivity contribution in [2.75, 3.05) is 26.3 Å². The number of ether oxygens (including phenoxy) is 1. The summed E-state index contributed by atoms with van der Waals surface area (Å²) in [5.74, 6) is 4.86. The molecule has 0 saturated heterocycles. The maximum Gasteiger partial charge on any atom is 0.235 e. The Kier molecular flexibility index (Phi) is 8.01. The number of hydrogen-bond donors (Lipinski definition) is 3. The van der Waals surface area contributed by atoms with E-state index >= 15 is 0 Å². The topological polar surface area (TPSA) is 93.4 Å². The number of Topliss-reactive ketones (excluding diaryl/α,β-unsaturated/α-hetero) is 1. The van der Waals surface area contributed by atoms with Gasteiger partial charge in [-0.25, -0.2) is 0 Å². The maximum atomic E-state index is 10.8. The van der Waals surface area contributed by atoms with Crippen molar-refractivity contribution in [1.29, 1.82) is 0 Å². The van der Waals surface area contributed by atoms with E-state index in [1.54, 1.807) is 0 Å². The van der Waals surface area contributed by atoms with Gasteiger partial charge in [0.05, 0.1) is 19.8 Å². The van der Waals surface area contributed by atoms with Crippen LogP contribution in [-0.4, -0.2) is 38.0 Å². The van der Waals surface area contributed by atoms with Crippen LogP contribution in [0.1, 0.15) is 13.3 Å². The van der Waals surface area contributed by atoms with E-state index in [0.29, 0.717) is 26.2 Å². The van der Waals surface area contributed by atoms with Crippen LogP contribution in [0.2, 0.25) is 0 Å². The Morgan fingerprint density at radius 1 is 1.36 bits per heavy atom. The maximum absolute atomic E-state index is 10.8. The number of nitrogens with one attached hydrogen (secondary N) is 2. The van der Waals surface area contributed by atoms with Gasteiger partial charge in [0.25, 0.3) is 0 Å². The summed E-state index contributed by atoms with van der Waals surface area (Å²) in [6, 6.07) is 0. The highest BCUT2D eigenvalue weighted by atomic mass is 16.5. The number of carbonyl (C=O) groups excluding carboxylic acids is 2.